The number of fused-ring (bicyclic) bond motifs is 1. The lowest BCUT2D eigenvalue weighted by atomic mass is 10.0. The minimum Gasteiger partial charge on any atom is -0.504 e. The van der Waals surface area contributed by atoms with Gasteiger partial charge in [-0.15, -0.1) is 0 Å². The number of aromatic nitrogens is 2. The van der Waals surface area contributed by atoms with E-state index in [0.29, 0.717) is 29.3 Å². The van der Waals surface area contributed by atoms with Crippen LogP contribution in [0.1, 0.15) is 15.9 Å². The maximum Gasteiger partial charge on any atom is 0.253 e. The molecular weight excluding hydrogens is 393 g/mol. The first-order valence-electron chi connectivity index (χ1n) is 8.94. The van der Waals surface area contributed by atoms with E-state index in [-0.39, 0.29) is 29.2 Å². The summed E-state index contributed by atoms with van der Waals surface area (Å²) in [6, 6.07) is 7.93. The molecule has 0 radical (unpaired) electrons. The first-order chi connectivity index (χ1) is 14.5. The monoisotopic (exact) mass is 411 g/mol. The van der Waals surface area contributed by atoms with Gasteiger partial charge in [0.2, 0.25) is 5.95 Å². The van der Waals surface area contributed by atoms with Crippen molar-refractivity contribution in [2.24, 2.45) is 0 Å². The molecular formula is C20H18FN5O4. The molecule has 2 heterocycles. The number of ether oxygens (including phenoxy) is 2. The van der Waals surface area contributed by atoms with Crippen molar-refractivity contribution in [3.63, 3.8) is 0 Å². The van der Waals surface area contributed by atoms with Crippen LogP contribution in [0.3, 0.4) is 0 Å². The number of hydrogen-bond donors (Lipinski definition) is 4. The van der Waals surface area contributed by atoms with Crippen LogP contribution in [0.2, 0.25) is 0 Å². The van der Waals surface area contributed by atoms with E-state index in [1.165, 1.54) is 26.3 Å². The molecule has 0 saturated carbocycles. The highest BCUT2D eigenvalue weighted by atomic mass is 19.1. The van der Waals surface area contributed by atoms with Crippen molar-refractivity contribution in [1.29, 1.82) is 0 Å². The largest absolute Gasteiger partial charge is 0.504 e. The third-order valence-electron chi connectivity index (χ3n) is 4.53. The normalized spacial score (nSPS) is 11.6. The Morgan fingerprint density at radius 1 is 1.27 bits per heavy atom. The lowest BCUT2D eigenvalue weighted by Crippen LogP contribution is -2.25. The first-order valence-corrected chi connectivity index (χ1v) is 8.94. The third-order valence-corrected chi connectivity index (χ3v) is 4.53. The second kappa shape index (κ2) is 7.74. The van der Waals surface area contributed by atoms with Crippen molar-refractivity contribution >= 4 is 29.0 Å². The van der Waals surface area contributed by atoms with Crippen LogP contribution in [0.25, 0.3) is 0 Å². The minimum absolute atomic E-state index is 0.0852. The molecule has 0 atom stereocenters. The summed E-state index contributed by atoms with van der Waals surface area (Å²) in [6.07, 6.45) is 1.00. The summed E-state index contributed by atoms with van der Waals surface area (Å²) in [4.78, 5) is 20.4. The quantitative estimate of drug-likeness (QED) is 0.489. The Kier molecular flexibility index (Phi) is 4.97. The topological polar surface area (TPSA) is 118 Å². The van der Waals surface area contributed by atoms with Gasteiger partial charge in [-0.05, 0) is 24.3 Å². The van der Waals surface area contributed by atoms with E-state index in [9.17, 15) is 14.3 Å². The minimum atomic E-state index is -0.687. The molecule has 9 nitrogen and oxygen atoms in total. The van der Waals surface area contributed by atoms with Crippen molar-refractivity contribution < 1.29 is 23.8 Å². The van der Waals surface area contributed by atoms with Crippen molar-refractivity contribution in [2.75, 3.05) is 24.8 Å². The molecule has 0 unspecified atom stereocenters. The van der Waals surface area contributed by atoms with Gasteiger partial charge in [0, 0.05) is 24.4 Å². The molecule has 1 aliphatic rings. The number of amides is 1. The second-order valence-electron chi connectivity index (χ2n) is 6.36. The molecule has 0 aliphatic carbocycles. The van der Waals surface area contributed by atoms with Crippen molar-refractivity contribution in [1.82, 2.24) is 15.3 Å². The number of nitrogens with zero attached hydrogens (tertiary/aromatic N) is 2. The van der Waals surface area contributed by atoms with Crippen LogP contribution in [-0.2, 0) is 6.61 Å². The van der Waals surface area contributed by atoms with Gasteiger partial charge in [-0.3, -0.25) is 4.79 Å². The van der Waals surface area contributed by atoms with Crippen LogP contribution in [0.5, 0.6) is 17.2 Å². The van der Waals surface area contributed by atoms with Gasteiger partial charge in [-0.1, -0.05) is 0 Å². The van der Waals surface area contributed by atoms with Gasteiger partial charge in [0.1, 0.15) is 12.4 Å². The van der Waals surface area contributed by atoms with Gasteiger partial charge in [0.15, 0.2) is 23.1 Å². The van der Waals surface area contributed by atoms with E-state index in [1.54, 1.807) is 18.2 Å². The molecule has 4 N–H and O–H groups in total. The van der Waals surface area contributed by atoms with Crippen LogP contribution in [0.15, 0.2) is 36.5 Å². The zero-order chi connectivity index (χ0) is 21.3. The SMILES string of the molecule is CNC(=O)c1c(Nc2ncc(F)c(Nc3ccc(OC)c(O)c3)n2)ccc2c1CO2. The van der Waals surface area contributed by atoms with Crippen LogP contribution >= 0.6 is 0 Å². The van der Waals surface area contributed by atoms with Gasteiger partial charge < -0.3 is 30.5 Å². The van der Waals surface area contributed by atoms with Gasteiger partial charge >= 0.3 is 0 Å². The summed E-state index contributed by atoms with van der Waals surface area (Å²) in [5.74, 6) is -0.166. The summed E-state index contributed by atoms with van der Waals surface area (Å²) in [5, 5.41) is 18.2. The second-order valence-corrected chi connectivity index (χ2v) is 6.36. The average Bonchev–Trinajstić information content (AvgIpc) is 2.71. The lowest BCUT2D eigenvalue weighted by molar-refractivity contribution is 0.0957. The fraction of sp³-hybridized carbons (Fsp3) is 0.150. The van der Waals surface area contributed by atoms with E-state index in [0.717, 1.165) is 11.8 Å². The number of carbonyl (C=O) groups excluding carboxylic acids is 1. The zero-order valence-corrected chi connectivity index (χ0v) is 16.1. The Morgan fingerprint density at radius 2 is 2.10 bits per heavy atom. The fourth-order valence-electron chi connectivity index (χ4n) is 3.01. The lowest BCUT2D eigenvalue weighted by Gasteiger charge is -2.25. The van der Waals surface area contributed by atoms with Crippen LogP contribution in [0, 0.1) is 5.82 Å². The average molecular weight is 411 g/mol. The van der Waals surface area contributed by atoms with Crippen LogP contribution in [0.4, 0.5) is 27.5 Å². The molecule has 1 aliphatic heterocycles. The molecule has 3 aromatic rings. The number of halogens is 1. The maximum atomic E-state index is 14.2. The molecule has 1 amide bonds. The van der Waals surface area contributed by atoms with Crippen molar-refractivity contribution in [2.45, 2.75) is 6.61 Å². The van der Waals surface area contributed by atoms with E-state index < -0.39 is 5.82 Å². The molecule has 4 rings (SSSR count). The number of methoxy groups -OCH3 is 1. The van der Waals surface area contributed by atoms with Crippen molar-refractivity contribution in [3.8, 4) is 17.2 Å². The summed E-state index contributed by atoms with van der Waals surface area (Å²) in [5.41, 5.74) is 2.06. The highest BCUT2D eigenvalue weighted by molar-refractivity contribution is 6.02. The number of nitrogens with one attached hydrogen (secondary N) is 3. The van der Waals surface area contributed by atoms with Gasteiger partial charge in [-0.2, -0.15) is 4.98 Å². The molecule has 0 fully saturated rings. The molecule has 0 spiro atoms. The summed E-state index contributed by atoms with van der Waals surface area (Å²) < 4.78 is 24.6. The number of rotatable bonds is 6. The number of phenolic OH excluding ortho intramolecular Hbond substituents is 1. The first kappa shape index (κ1) is 19.2. The Bertz CT molecular complexity index is 1140. The number of benzene rings is 2. The van der Waals surface area contributed by atoms with Crippen LogP contribution < -0.4 is 25.4 Å². The Hall–Kier alpha value is -4.08. The molecule has 2 aromatic carbocycles. The number of phenols is 1. The Morgan fingerprint density at radius 3 is 2.77 bits per heavy atom. The smallest absolute Gasteiger partial charge is 0.253 e. The van der Waals surface area contributed by atoms with Gasteiger partial charge in [0.05, 0.1) is 24.6 Å². The molecule has 0 bridgehead atoms. The number of carbonyl (C=O) groups is 1. The predicted octanol–water partition coefficient (Wildman–Crippen LogP) is 3.07. The summed E-state index contributed by atoms with van der Waals surface area (Å²) in [6.45, 7) is 0.325. The molecule has 0 saturated heterocycles. The highest BCUT2D eigenvalue weighted by Crippen LogP contribution is 2.37. The molecule has 154 valence electrons. The zero-order valence-electron chi connectivity index (χ0n) is 16.1. The van der Waals surface area contributed by atoms with Gasteiger partial charge in [0.25, 0.3) is 5.91 Å². The van der Waals surface area contributed by atoms with Gasteiger partial charge in [-0.25, -0.2) is 9.37 Å². The molecule has 1 aromatic heterocycles. The fourth-order valence-corrected chi connectivity index (χ4v) is 3.01. The standard InChI is InChI=1S/C20H18FN5O4/c1-22-19(28)17-11-9-30-15(11)6-4-13(17)25-20-23-8-12(21)18(26-20)24-10-3-5-16(29-2)14(27)7-10/h3-8,27H,9H2,1-2H3,(H,22,28)(H2,23,24,25,26). The predicted molar refractivity (Wildman–Crippen MR) is 107 cm³/mol. The van der Waals surface area contributed by atoms with E-state index >= 15 is 0 Å². The molecule has 10 heteroatoms. The summed E-state index contributed by atoms with van der Waals surface area (Å²) in [7, 11) is 2.96. The maximum absolute atomic E-state index is 14.2. The van der Waals surface area contributed by atoms with Crippen LogP contribution in [-0.4, -0.2) is 35.1 Å². The summed E-state index contributed by atoms with van der Waals surface area (Å²) >= 11 is 0. The number of anilines is 4. The van der Waals surface area contributed by atoms with E-state index in [2.05, 4.69) is 25.9 Å². The van der Waals surface area contributed by atoms with E-state index in [4.69, 9.17) is 9.47 Å². The number of hydrogen-bond acceptors (Lipinski definition) is 8. The Labute approximate surface area is 170 Å². The number of aromatic hydroxyl groups is 1. The highest BCUT2D eigenvalue weighted by Gasteiger charge is 2.26. The molecule has 30 heavy (non-hydrogen) atoms. The Balaban J connectivity index is 1.62. The van der Waals surface area contributed by atoms with Crippen molar-refractivity contribution in [3.05, 3.63) is 53.5 Å². The third kappa shape index (κ3) is 3.50. The van der Waals surface area contributed by atoms with E-state index in [1.807, 2.05) is 0 Å².